The molecule has 1 unspecified atom stereocenters. The molecule has 7 heteroatoms. The maximum atomic E-state index is 12.4. The summed E-state index contributed by atoms with van der Waals surface area (Å²) in [7, 11) is -3.45. The van der Waals surface area contributed by atoms with Crippen LogP contribution in [0.3, 0.4) is 0 Å². The number of rotatable bonds is 6. The molecule has 3 heterocycles. The predicted molar refractivity (Wildman–Crippen MR) is 90.9 cm³/mol. The monoisotopic (exact) mass is 354 g/mol. The first kappa shape index (κ1) is 16.7. The maximum absolute atomic E-state index is 12.4. The van der Waals surface area contributed by atoms with Crippen molar-refractivity contribution in [2.24, 2.45) is 5.92 Å². The molecule has 0 spiro atoms. The quantitative estimate of drug-likeness (QED) is 0.866. The second kappa shape index (κ2) is 7.17. The van der Waals surface area contributed by atoms with Crippen molar-refractivity contribution >= 4 is 21.4 Å². The van der Waals surface area contributed by atoms with Gasteiger partial charge in [0, 0.05) is 6.54 Å². The number of thiophene rings is 1. The van der Waals surface area contributed by atoms with E-state index in [1.165, 1.54) is 11.3 Å². The Morgan fingerprint density at radius 2 is 2.13 bits per heavy atom. The third-order valence-corrected chi connectivity index (χ3v) is 7.18. The molecule has 2 aromatic heterocycles. The third kappa shape index (κ3) is 4.03. The normalized spacial score (nSPS) is 19.0. The van der Waals surface area contributed by atoms with Gasteiger partial charge in [0.2, 0.25) is 10.0 Å². The van der Waals surface area contributed by atoms with Crippen molar-refractivity contribution in [3.63, 3.8) is 0 Å². The van der Waals surface area contributed by atoms with E-state index in [0.717, 1.165) is 37.6 Å². The predicted octanol–water partition coefficient (Wildman–Crippen LogP) is 3.09. The summed E-state index contributed by atoms with van der Waals surface area (Å²) in [4.78, 5) is 2.32. The molecule has 0 bridgehead atoms. The van der Waals surface area contributed by atoms with E-state index in [2.05, 4.69) is 16.5 Å². The minimum Gasteiger partial charge on any atom is -0.468 e. The van der Waals surface area contributed by atoms with Crippen LogP contribution < -0.4 is 4.72 Å². The molecule has 2 aromatic rings. The van der Waals surface area contributed by atoms with Gasteiger partial charge in [-0.05, 0) is 55.4 Å². The highest BCUT2D eigenvalue weighted by Crippen LogP contribution is 2.27. The number of piperidine rings is 1. The summed E-state index contributed by atoms with van der Waals surface area (Å²) < 4.78 is 33.4. The van der Waals surface area contributed by atoms with Gasteiger partial charge in [-0.2, -0.15) is 0 Å². The Balaban J connectivity index is 1.72. The highest BCUT2D eigenvalue weighted by Gasteiger charge is 2.28. The second-order valence-electron chi connectivity index (χ2n) is 6.03. The smallest absolute Gasteiger partial charge is 0.250 e. The van der Waals surface area contributed by atoms with Crippen LogP contribution in [0.4, 0.5) is 0 Å². The summed E-state index contributed by atoms with van der Waals surface area (Å²) in [6.07, 6.45) is 3.91. The average molecular weight is 354 g/mol. The summed E-state index contributed by atoms with van der Waals surface area (Å²) in [5.74, 6) is 1.54. The molecular formula is C16H22N2O3S2. The first-order chi connectivity index (χ1) is 11.1. The Bertz CT molecular complexity index is 688. The molecule has 5 nitrogen and oxygen atoms in total. The van der Waals surface area contributed by atoms with Crippen molar-refractivity contribution in [2.45, 2.75) is 30.0 Å². The molecule has 0 aromatic carbocycles. The fraction of sp³-hybridized carbons (Fsp3) is 0.500. The topological polar surface area (TPSA) is 62.6 Å². The molecule has 0 radical (unpaired) electrons. The van der Waals surface area contributed by atoms with Crippen LogP contribution in [0.25, 0.3) is 0 Å². The van der Waals surface area contributed by atoms with Crippen LogP contribution in [-0.2, 0) is 10.0 Å². The molecule has 1 aliphatic heterocycles. The van der Waals surface area contributed by atoms with Crippen molar-refractivity contribution < 1.29 is 12.8 Å². The lowest BCUT2D eigenvalue weighted by Crippen LogP contribution is -2.41. The number of likely N-dealkylation sites (tertiary alicyclic amines) is 1. The zero-order valence-electron chi connectivity index (χ0n) is 13.1. The third-order valence-electron chi connectivity index (χ3n) is 4.36. The lowest BCUT2D eigenvalue weighted by molar-refractivity contribution is 0.125. The standard InChI is InChI=1S/C16H22N2O3S2/c1-13-6-8-18(9-7-13)14(15-4-2-10-21-15)12-17-23(19,20)16-5-3-11-22-16/h2-5,10-11,13-14,17H,6-9,12H2,1H3. The second-order valence-corrected chi connectivity index (χ2v) is 8.98. The van der Waals surface area contributed by atoms with Gasteiger partial charge >= 0.3 is 0 Å². The highest BCUT2D eigenvalue weighted by atomic mass is 32.2. The molecule has 3 rings (SSSR count). The van der Waals surface area contributed by atoms with E-state index in [1.807, 2.05) is 12.1 Å². The summed E-state index contributed by atoms with van der Waals surface area (Å²) in [5.41, 5.74) is 0. The van der Waals surface area contributed by atoms with Gasteiger partial charge in [0.25, 0.3) is 0 Å². The number of nitrogens with zero attached hydrogens (tertiary/aromatic N) is 1. The lowest BCUT2D eigenvalue weighted by atomic mass is 9.97. The maximum Gasteiger partial charge on any atom is 0.250 e. The Labute approximate surface area is 141 Å². The molecule has 1 N–H and O–H groups in total. The summed E-state index contributed by atoms with van der Waals surface area (Å²) >= 11 is 1.23. The van der Waals surface area contributed by atoms with Gasteiger partial charge in [0.05, 0.1) is 12.3 Å². The molecule has 1 saturated heterocycles. The van der Waals surface area contributed by atoms with Crippen molar-refractivity contribution in [3.8, 4) is 0 Å². The van der Waals surface area contributed by atoms with Gasteiger partial charge < -0.3 is 4.42 Å². The van der Waals surface area contributed by atoms with E-state index >= 15 is 0 Å². The minimum absolute atomic E-state index is 0.0627. The van der Waals surface area contributed by atoms with Crippen LogP contribution in [0.15, 0.2) is 44.5 Å². The molecule has 23 heavy (non-hydrogen) atoms. The Morgan fingerprint density at radius 3 is 2.74 bits per heavy atom. The summed E-state index contributed by atoms with van der Waals surface area (Å²) in [6.45, 7) is 4.52. The number of furan rings is 1. The molecule has 126 valence electrons. The van der Waals surface area contributed by atoms with Crippen molar-refractivity contribution in [2.75, 3.05) is 19.6 Å². The number of sulfonamides is 1. The summed E-state index contributed by atoms with van der Waals surface area (Å²) in [6, 6.07) is 7.07. The first-order valence-corrected chi connectivity index (χ1v) is 10.2. The zero-order chi connectivity index (χ0) is 16.3. The molecule has 0 saturated carbocycles. The number of hydrogen-bond acceptors (Lipinski definition) is 5. The van der Waals surface area contributed by atoms with E-state index in [9.17, 15) is 8.42 Å². The first-order valence-electron chi connectivity index (χ1n) is 7.87. The lowest BCUT2D eigenvalue weighted by Gasteiger charge is -2.35. The Kier molecular flexibility index (Phi) is 5.21. The van der Waals surface area contributed by atoms with E-state index in [0.29, 0.717) is 10.8 Å². The Hall–Kier alpha value is -1.15. The SMILES string of the molecule is CC1CCN(C(CNS(=O)(=O)c2cccs2)c2ccco2)CC1. The largest absolute Gasteiger partial charge is 0.468 e. The molecule has 0 aliphatic carbocycles. The highest BCUT2D eigenvalue weighted by molar-refractivity contribution is 7.91. The fourth-order valence-corrected chi connectivity index (χ4v) is 4.98. The van der Waals surface area contributed by atoms with Crippen molar-refractivity contribution in [1.82, 2.24) is 9.62 Å². The average Bonchev–Trinajstić information content (AvgIpc) is 3.23. The van der Waals surface area contributed by atoms with Crippen LogP contribution in [0.2, 0.25) is 0 Å². The number of hydrogen-bond donors (Lipinski definition) is 1. The molecule has 1 fully saturated rings. The van der Waals surface area contributed by atoms with Crippen LogP contribution >= 0.6 is 11.3 Å². The molecule has 1 atom stereocenters. The van der Waals surface area contributed by atoms with E-state index in [1.54, 1.807) is 23.8 Å². The van der Waals surface area contributed by atoms with Gasteiger partial charge in [0.1, 0.15) is 9.97 Å². The van der Waals surface area contributed by atoms with Crippen LogP contribution in [-0.4, -0.2) is 33.0 Å². The van der Waals surface area contributed by atoms with Crippen molar-refractivity contribution in [3.05, 3.63) is 41.7 Å². The van der Waals surface area contributed by atoms with Gasteiger partial charge in [0.15, 0.2) is 0 Å². The van der Waals surface area contributed by atoms with Crippen LogP contribution in [0.5, 0.6) is 0 Å². The molecule has 0 amide bonds. The van der Waals surface area contributed by atoms with E-state index in [4.69, 9.17) is 4.42 Å². The van der Waals surface area contributed by atoms with E-state index < -0.39 is 10.0 Å². The number of nitrogens with one attached hydrogen (secondary N) is 1. The fourth-order valence-electron chi connectivity index (χ4n) is 2.91. The van der Waals surface area contributed by atoms with Crippen LogP contribution in [0.1, 0.15) is 31.6 Å². The van der Waals surface area contributed by atoms with Crippen LogP contribution in [0, 0.1) is 5.92 Å². The summed E-state index contributed by atoms with van der Waals surface area (Å²) in [5, 5.41) is 1.77. The van der Waals surface area contributed by atoms with Gasteiger partial charge in [-0.3, -0.25) is 4.90 Å². The van der Waals surface area contributed by atoms with Gasteiger partial charge in [-0.1, -0.05) is 13.0 Å². The van der Waals surface area contributed by atoms with Gasteiger partial charge in [-0.25, -0.2) is 13.1 Å². The molecular weight excluding hydrogens is 332 g/mol. The Morgan fingerprint density at radius 1 is 1.35 bits per heavy atom. The minimum atomic E-state index is -3.45. The van der Waals surface area contributed by atoms with Gasteiger partial charge in [-0.15, -0.1) is 11.3 Å². The van der Waals surface area contributed by atoms with E-state index in [-0.39, 0.29) is 6.04 Å². The van der Waals surface area contributed by atoms with Crippen molar-refractivity contribution in [1.29, 1.82) is 0 Å². The molecule has 1 aliphatic rings. The zero-order valence-corrected chi connectivity index (χ0v) is 14.8.